The van der Waals surface area contributed by atoms with Gasteiger partial charge in [0.25, 0.3) is 0 Å². The molecule has 0 bridgehead atoms. The Bertz CT molecular complexity index is 818. The molecular weight excluding hydrogens is 292 g/mol. The topological polar surface area (TPSA) is 52.6 Å². The third-order valence-corrected chi connectivity index (χ3v) is 3.56. The molecule has 0 unspecified atom stereocenters. The van der Waals surface area contributed by atoms with E-state index < -0.39 is 0 Å². The summed E-state index contributed by atoms with van der Waals surface area (Å²) in [5.41, 5.74) is 2.51. The molecule has 4 heteroatoms. The van der Waals surface area contributed by atoms with Crippen molar-refractivity contribution in [3.8, 4) is 11.5 Å². The highest BCUT2D eigenvalue weighted by Gasteiger charge is 2.27. The third kappa shape index (κ3) is 3.16. The number of aryl methyl sites for hydroxylation is 1. The maximum atomic E-state index is 12.4. The van der Waals surface area contributed by atoms with E-state index in [-0.39, 0.29) is 23.9 Å². The van der Waals surface area contributed by atoms with Gasteiger partial charge in [0.2, 0.25) is 5.78 Å². The van der Waals surface area contributed by atoms with Gasteiger partial charge < -0.3 is 9.47 Å². The van der Waals surface area contributed by atoms with Crippen molar-refractivity contribution in [2.75, 3.05) is 6.61 Å². The van der Waals surface area contributed by atoms with Crippen molar-refractivity contribution in [3.05, 3.63) is 64.9 Å². The highest BCUT2D eigenvalue weighted by atomic mass is 16.5. The van der Waals surface area contributed by atoms with Gasteiger partial charge in [-0.3, -0.25) is 9.59 Å². The molecule has 0 aliphatic carbocycles. The van der Waals surface area contributed by atoms with Crippen molar-refractivity contribution in [1.29, 1.82) is 0 Å². The molecule has 0 fully saturated rings. The van der Waals surface area contributed by atoms with E-state index in [1.165, 1.54) is 6.92 Å². The standard InChI is InChI=1S/C19H16O4/c1-12-5-3-4-6-14(12)9-18-19(21)16-8-7-15(10-17(16)23-18)22-11-13(2)20/h3-10H,11H2,1-2H3/b18-9-. The van der Waals surface area contributed by atoms with Gasteiger partial charge in [-0.25, -0.2) is 0 Å². The van der Waals surface area contributed by atoms with Crippen LogP contribution in [0.2, 0.25) is 0 Å². The molecular formula is C19H16O4. The monoisotopic (exact) mass is 308 g/mol. The van der Waals surface area contributed by atoms with E-state index in [9.17, 15) is 9.59 Å². The van der Waals surface area contributed by atoms with E-state index >= 15 is 0 Å². The van der Waals surface area contributed by atoms with Crippen LogP contribution in [0.4, 0.5) is 0 Å². The number of hydrogen-bond acceptors (Lipinski definition) is 4. The fourth-order valence-corrected chi connectivity index (χ4v) is 2.33. The summed E-state index contributed by atoms with van der Waals surface area (Å²) in [5, 5.41) is 0. The molecule has 3 rings (SSSR count). The Morgan fingerprint density at radius 2 is 2.00 bits per heavy atom. The van der Waals surface area contributed by atoms with E-state index in [0.717, 1.165) is 11.1 Å². The van der Waals surface area contributed by atoms with Gasteiger partial charge in [0, 0.05) is 6.07 Å². The lowest BCUT2D eigenvalue weighted by Crippen LogP contribution is -2.06. The zero-order valence-corrected chi connectivity index (χ0v) is 13.0. The first-order chi connectivity index (χ1) is 11.0. The smallest absolute Gasteiger partial charge is 0.231 e. The van der Waals surface area contributed by atoms with Crippen molar-refractivity contribution in [2.24, 2.45) is 0 Å². The van der Waals surface area contributed by atoms with E-state index in [2.05, 4.69) is 0 Å². The second-order valence-electron chi connectivity index (χ2n) is 5.45. The molecule has 116 valence electrons. The number of ketones is 2. The lowest BCUT2D eigenvalue weighted by molar-refractivity contribution is -0.118. The highest BCUT2D eigenvalue weighted by molar-refractivity contribution is 6.14. The number of Topliss-reactive ketones (excluding diaryl/α,β-unsaturated/α-hetero) is 2. The largest absolute Gasteiger partial charge is 0.486 e. The van der Waals surface area contributed by atoms with E-state index in [1.807, 2.05) is 31.2 Å². The Kier molecular flexibility index (Phi) is 3.98. The summed E-state index contributed by atoms with van der Waals surface area (Å²) < 4.78 is 11.0. The predicted molar refractivity (Wildman–Crippen MR) is 86.7 cm³/mol. The van der Waals surface area contributed by atoms with Crippen LogP contribution in [0.15, 0.2) is 48.2 Å². The second kappa shape index (κ2) is 6.08. The first kappa shape index (κ1) is 15.0. The van der Waals surface area contributed by atoms with Crippen LogP contribution in [-0.4, -0.2) is 18.2 Å². The Morgan fingerprint density at radius 1 is 1.22 bits per heavy atom. The van der Waals surface area contributed by atoms with E-state index in [0.29, 0.717) is 17.1 Å². The van der Waals surface area contributed by atoms with Gasteiger partial charge in [0.15, 0.2) is 11.5 Å². The van der Waals surface area contributed by atoms with Crippen LogP contribution < -0.4 is 9.47 Å². The Labute approximate surface area is 134 Å². The number of carbonyl (C=O) groups excluding carboxylic acids is 2. The molecule has 0 aromatic heterocycles. The number of carbonyl (C=O) groups is 2. The van der Waals surface area contributed by atoms with Crippen LogP contribution >= 0.6 is 0 Å². The van der Waals surface area contributed by atoms with Crippen LogP contribution in [0.25, 0.3) is 6.08 Å². The fraction of sp³-hybridized carbons (Fsp3) is 0.158. The number of allylic oxidation sites excluding steroid dienone is 1. The number of hydrogen-bond donors (Lipinski definition) is 0. The van der Waals surface area contributed by atoms with Crippen molar-refractivity contribution < 1.29 is 19.1 Å². The van der Waals surface area contributed by atoms with Gasteiger partial charge in [-0.15, -0.1) is 0 Å². The second-order valence-corrected chi connectivity index (χ2v) is 5.45. The van der Waals surface area contributed by atoms with Crippen LogP contribution in [0, 0.1) is 6.92 Å². The van der Waals surface area contributed by atoms with Gasteiger partial charge in [-0.1, -0.05) is 24.3 Å². The summed E-state index contributed by atoms with van der Waals surface area (Å²) in [6.45, 7) is 3.43. The molecule has 0 radical (unpaired) electrons. The Morgan fingerprint density at radius 3 is 2.74 bits per heavy atom. The number of benzene rings is 2. The minimum absolute atomic E-state index is 0.00135. The molecule has 0 saturated carbocycles. The molecule has 0 atom stereocenters. The molecule has 2 aromatic rings. The summed E-state index contributed by atoms with van der Waals surface area (Å²) in [6.07, 6.45) is 1.74. The number of fused-ring (bicyclic) bond motifs is 1. The summed E-state index contributed by atoms with van der Waals surface area (Å²) in [7, 11) is 0. The molecule has 23 heavy (non-hydrogen) atoms. The van der Waals surface area contributed by atoms with Crippen molar-refractivity contribution in [2.45, 2.75) is 13.8 Å². The van der Waals surface area contributed by atoms with E-state index in [1.54, 1.807) is 24.3 Å². The minimum Gasteiger partial charge on any atom is -0.486 e. The first-order valence-electron chi connectivity index (χ1n) is 7.31. The average molecular weight is 308 g/mol. The van der Waals surface area contributed by atoms with Gasteiger partial charge in [-0.05, 0) is 43.2 Å². The van der Waals surface area contributed by atoms with E-state index in [4.69, 9.17) is 9.47 Å². The molecule has 0 spiro atoms. The van der Waals surface area contributed by atoms with Gasteiger partial charge in [0.1, 0.15) is 18.1 Å². The first-order valence-corrected chi connectivity index (χ1v) is 7.31. The molecule has 4 nitrogen and oxygen atoms in total. The summed E-state index contributed by atoms with van der Waals surface area (Å²) in [6, 6.07) is 12.7. The quantitative estimate of drug-likeness (QED) is 0.810. The molecule has 0 N–H and O–H groups in total. The Hall–Kier alpha value is -2.88. The minimum atomic E-state index is -0.152. The van der Waals surface area contributed by atoms with Crippen LogP contribution in [0.5, 0.6) is 11.5 Å². The van der Waals surface area contributed by atoms with Gasteiger partial charge in [-0.2, -0.15) is 0 Å². The molecule has 0 saturated heterocycles. The van der Waals surface area contributed by atoms with Crippen LogP contribution in [-0.2, 0) is 4.79 Å². The maximum Gasteiger partial charge on any atom is 0.231 e. The third-order valence-electron chi connectivity index (χ3n) is 3.56. The Balaban J connectivity index is 1.87. The summed E-state index contributed by atoms with van der Waals surface area (Å²) in [4.78, 5) is 23.4. The van der Waals surface area contributed by atoms with Crippen molar-refractivity contribution in [1.82, 2.24) is 0 Å². The maximum absolute atomic E-state index is 12.4. The van der Waals surface area contributed by atoms with Crippen LogP contribution in [0.1, 0.15) is 28.4 Å². The zero-order valence-electron chi connectivity index (χ0n) is 13.0. The SMILES string of the molecule is CC(=O)COc1ccc2c(c1)O/C(=C\c1ccccc1C)C2=O. The zero-order chi connectivity index (χ0) is 16.4. The number of rotatable bonds is 4. The number of ether oxygens (including phenoxy) is 2. The molecule has 0 amide bonds. The van der Waals surface area contributed by atoms with Gasteiger partial charge >= 0.3 is 0 Å². The lowest BCUT2D eigenvalue weighted by atomic mass is 10.1. The average Bonchev–Trinajstić information content (AvgIpc) is 2.83. The molecule has 1 aliphatic rings. The molecule has 1 aliphatic heterocycles. The van der Waals surface area contributed by atoms with Crippen molar-refractivity contribution >= 4 is 17.6 Å². The summed E-state index contributed by atoms with van der Waals surface area (Å²) >= 11 is 0. The highest BCUT2D eigenvalue weighted by Crippen LogP contribution is 2.35. The summed E-state index contributed by atoms with van der Waals surface area (Å²) in [5.74, 6) is 1.03. The molecule has 2 aromatic carbocycles. The van der Waals surface area contributed by atoms with Crippen LogP contribution in [0.3, 0.4) is 0 Å². The lowest BCUT2D eigenvalue weighted by Gasteiger charge is -2.05. The van der Waals surface area contributed by atoms with Gasteiger partial charge in [0.05, 0.1) is 5.56 Å². The van der Waals surface area contributed by atoms with Crippen molar-refractivity contribution in [3.63, 3.8) is 0 Å². The predicted octanol–water partition coefficient (Wildman–Crippen LogP) is 3.58. The molecule has 1 heterocycles. The fourth-order valence-electron chi connectivity index (χ4n) is 2.33. The normalized spacial score (nSPS) is 14.5.